The van der Waals surface area contributed by atoms with E-state index in [4.69, 9.17) is 16.0 Å². The van der Waals surface area contributed by atoms with Crippen LogP contribution in [0.5, 0.6) is 0 Å². The molecule has 3 rings (SSSR count). The minimum Gasteiger partial charge on any atom is -0.431 e. The highest BCUT2D eigenvalue weighted by Crippen LogP contribution is 2.27. The third kappa shape index (κ3) is 3.66. The number of nitro groups is 1. The monoisotopic (exact) mass is 363 g/mol. The molecule has 122 valence electrons. The standard InChI is InChI=1S/C15H10ClN3O4S/c16-9-5-6-13-11(7-9)18-15(23-13)24-8-14(20)17-10-3-1-2-4-12(10)19(21)22/h1-7H,8H2,(H,17,20). The van der Waals surface area contributed by atoms with Gasteiger partial charge in [-0.25, -0.2) is 4.98 Å². The summed E-state index contributed by atoms with van der Waals surface area (Å²) in [6, 6.07) is 11.0. The van der Waals surface area contributed by atoms with E-state index in [-0.39, 0.29) is 17.1 Å². The van der Waals surface area contributed by atoms with Crippen molar-refractivity contribution in [2.45, 2.75) is 5.22 Å². The molecular formula is C15H10ClN3O4S. The van der Waals surface area contributed by atoms with E-state index in [2.05, 4.69) is 10.3 Å². The van der Waals surface area contributed by atoms with E-state index in [9.17, 15) is 14.9 Å². The number of carbonyl (C=O) groups excluding carboxylic acids is 1. The molecule has 1 aromatic heterocycles. The fourth-order valence-corrected chi connectivity index (χ4v) is 2.80. The number of amides is 1. The van der Waals surface area contributed by atoms with Gasteiger partial charge in [-0.1, -0.05) is 35.5 Å². The van der Waals surface area contributed by atoms with Crippen molar-refractivity contribution in [1.82, 2.24) is 4.98 Å². The molecular weight excluding hydrogens is 354 g/mol. The van der Waals surface area contributed by atoms with Crippen LogP contribution in [-0.4, -0.2) is 21.6 Å². The van der Waals surface area contributed by atoms with Crippen LogP contribution in [0, 0.1) is 10.1 Å². The van der Waals surface area contributed by atoms with Gasteiger partial charge in [0.15, 0.2) is 5.58 Å². The number of nitro benzene ring substituents is 1. The fraction of sp³-hybridized carbons (Fsp3) is 0.0667. The van der Waals surface area contributed by atoms with Crippen LogP contribution in [-0.2, 0) is 4.79 Å². The van der Waals surface area contributed by atoms with Crippen LogP contribution in [0.4, 0.5) is 11.4 Å². The van der Waals surface area contributed by atoms with Crippen molar-refractivity contribution >= 4 is 51.7 Å². The first-order valence-corrected chi connectivity index (χ1v) is 8.11. The summed E-state index contributed by atoms with van der Waals surface area (Å²) >= 11 is 6.97. The van der Waals surface area contributed by atoms with Gasteiger partial charge in [0.1, 0.15) is 11.2 Å². The molecule has 1 amide bonds. The second-order valence-corrected chi connectivity index (χ2v) is 6.07. The summed E-state index contributed by atoms with van der Waals surface area (Å²) in [4.78, 5) is 26.6. The predicted molar refractivity (Wildman–Crippen MR) is 91.5 cm³/mol. The Morgan fingerprint density at radius 2 is 2.12 bits per heavy atom. The first kappa shape index (κ1) is 16.3. The summed E-state index contributed by atoms with van der Waals surface area (Å²) in [5.74, 6) is -0.387. The van der Waals surface area contributed by atoms with Gasteiger partial charge in [0.25, 0.3) is 10.9 Å². The number of halogens is 1. The minimum absolute atomic E-state index is 0.00655. The lowest BCUT2D eigenvalue weighted by Crippen LogP contribution is -2.15. The van der Waals surface area contributed by atoms with Gasteiger partial charge in [-0.2, -0.15) is 0 Å². The average molecular weight is 364 g/mol. The summed E-state index contributed by atoms with van der Waals surface area (Å²) in [6.45, 7) is 0. The van der Waals surface area contributed by atoms with Crippen LogP contribution in [0.1, 0.15) is 0 Å². The quantitative estimate of drug-likeness (QED) is 0.416. The zero-order chi connectivity index (χ0) is 17.1. The van der Waals surface area contributed by atoms with Crippen molar-refractivity contribution in [3.63, 3.8) is 0 Å². The summed E-state index contributed by atoms with van der Waals surface area (Å²) in [6.07, 6.45) is 0. The molecule has 0 aliphatic heterocycles. The van der Waals surface area contributed by atoms with E-state index in [1.165, 1.54) is 18.2 Å². The van der Waals surface area contributed by atoms with Crippen molar-refractivity contribution in [3.8, 4) is 0 Å². The number of oxazole rings is 1. The number of thioether (sulfide) groups is 1. The SMILES string of the molecule is O=C(CSc1nc2cc(Cl)ccc2o1)Nc1ccccc1[N+](=O)[O-]. The van der Waals surface area contributed by atoms with E-state index in [0.717, 1.165) is 11.8 Å². The van der Waals surface area contributed by atoms with Gasteiger partial charge in [0, 0.05) is 11.1 Å². The van der Waals surface area contributed by atoms with Crippen molar-refractivity contribution in [2.24, 2.45) is 0 Å². The van der Waals surface area contributed by atoms with Crippen LogP contribution in [0.25, 0.3) is 11.1 Å². The molecule has 0 saturated heterocycles. The summed E-state index contributed by atoms with van der Waals surface area (Å²) in [7, 11) is 0. The first-order chi connectivity index (χ1) is 11.5. The molecule has 0 bridgehead atoms. The highest BCUT2D eigenvalue weighted by Gasteiger charge is 2.15. The molecule has 0 aliphatic carbocycles. The van der Waals surface area contributed by atoms with Gasteiger partial charge < -0.3 is 9.73 Å². The van der Waals surface area contributed by atoms with Gasteiger partial charge in [0.2, 0.25) is 5.91 Å². The molecule has 0 saturated carbocycles. The fourth-order valence-electron chi connectivity index (χ4n) is 1.99. The van der Waals surface area contributed by atoms with Crippen LogP contribution < -0.4 is 5.32 Å². The Kier molecular flexibility index (Phi) is 4.68. The summed E-state index contributed by atoms with van der Waals surface area (Å²) < 4.78 is 5.49. The minimum atomic E-state index is -0.548. The number of hydrogen-bond donors (Lipinski definition) is 1. The molecule has 1 N–H and O–H groups in total. The number of fused-ring (bicyclic) bond motifs is 1. The van der Waals surface area contributed by atoms with Crippen LogP contribution in [0.3, 0.4) is 0 Å². The number of hydrogen-bond acceptors (Lipinski definition) is 6. The highest BCUT2D eigenvalue weighted by atomic mass is 35.5. The molecule has 0 spiro atoms. The molecule has 7 nitrogen and oxygen atoms in total. The van der Waals surface area contributed by atoms with E-state index in [1.807, 2.05) is 0 Å². The van der Waals surface area contributed by atoms with Crippen molar-refractivity contribution < 1.29 is 14.1 Å². The van der Waals surface area contributed by atoms with E-state index in [1.54, 1.807) is 24.3 Å². The lowest BCUT2D eigenvalue weighted by molar-refractivity contribution is -0.383. The summed E-state index contributed by atoms with van der Waals surface area (Å²) in [5, 5.41) is 14.3. The topological polar surface area (TPSA) is 98.3 Å². The average Bonchev–Trinajstić information content (AvgIpc) is 2.95. The Hall–Kier alpha value is -2.58. The Bertz CT molecular complexity index is 928. The number of rotatable bonds is 5. The largest absolute Gasteiger partial charge is 0.431 e. The lowest BCUT2D eigenvalue weighted by atomic mass is 10.2. The molecule has 9 heteroatoms. The van der Waals surface area contributed by atoms with Crippen LogP contribution in [0.15, 0.2) is 52.1 Å². The first-order valence-electron chi connectivity index (χ1n) is 6.75. The van der Waals surface area contributed by atoms with Crippen molar-refractivity contribution in [2.75, 3.05) is 11.1 Å². The molecule has 3 aromatic rings. The highest BCUT2D eigenvalue weighted by molar-refractivity contribution is 7.99. The van der Waals surface area contributed by atoms with Gasteiger partial charge in [-0.05, 0) is 24.3 Å². The van der Waals surface area contributed by atoms with Gasteiger partial charge in [-0.3, -0.25) is 14.9 Å². The predicted octanol–water partition coefficient (Wildman–Crippen LogP) is 4.12. The van der Waals surface area contributed by atoms with Gasteiger partial charge in [0.05, 0.1) is 10.7 Å². The molecule has 0 atom stereocenters. The summed E-state index contributed by atoms with van der Waals surface area (Å²) in [5.41, 5.74) is 1.16. The lowest BCUT2D eigenvalue weighted by Gasteiger charge is -2.04. The number of para-hydroxylation sites is 2. The number of nitrogens with zero attached hydrogens (tertiary/aromatic N) is 2. The maximum absolute atomic E-state index is 12.0. The molecule has 24 heavy (non-hydrogen) atoms. The zero-order valence-corrected chi connectivity index (χ0v) is 13.6. The second kappa shape index (κ2) is 6.90. The molecule has 0 unspecified atom stereocenters. The number of benzene rings is 2. The number of aromatic nitrogens is 1. The smallest absolute Gasteiger partial charge is 0.292 e. The van der Waals surface area contributed by atoms with Gasteiger partial charge in [-0.15, -0.1) is 0 Å². The third-order valence-corrected chi connectivity index (χ3v) is 4.09. The zero-order valence-electron chi connectivity index (χ0n) is 12.1. The molecule has 1 heterocycles. The third-order valence-electron chi connectivity index (χ3n) is 3.03. The van der Waals surface area contributed by atoms with Crippen LogP contribution in [0.2, 0.25) is 5.02 Å². The van der Waals surface area contributed by atoms with E-state index >= 15 is 0 Å². The molecule has 0 aliphatic rings. The maximum Gasteiger partial charge on any atom is 0.292 e. The Morgan fingerprint density at radius 1 is 1.33 bits per heavy atom. The Morgan fingerprint density at radius 3 is 2.92 bits per heavy atom. The number of carbonyl (C=O) groups is 1. The Balaban J connectivity index is 1.66. The number of anilines is 1. The Labute approximate surface area is 145 Å². The van der Waals surface area contributed by atoms with Crippen LogP contribution >= 0.6 is 23.4 Å². The molecule has 0 radical (unpaired) electrons. The normalized spacial score (nSPS) is 10.7. The van der Waals surface area contributed by atoms with E-state index < -0.39 is 10.8 Å². The second-order valence-electron chi connectivity index (χ2n) is 4.70. The van der Waals surface area contributed by atoms with E-state index in [0.29, 0.717) is 21.3 Å². The maximum atomic E-state index is 12.0. The van der Waals surface area contributed by atoms with Gasteiger partial charge >= 0.3 is 0 Å². The van der Waals surface area contributed by atoms with Crippen molar-refractivity contribution in [1.29, 1.82) is 0 Å². The molecule has 2 aromatic carbocycles. The van der Waals surface area contributed by atoms with Crippen molar-refractivity contribution in [3.05, 3.63) is 57.6 Å². The number of nitrogens with one attached hydrogen (secondary N) is 1. The molecule has 0 fully saturated rings.